The topological polar surface area (TPSA) is 55.4 Å². The molecule has 0 saturated carbocycles. The lowest BCUT2D eigenvalue weighted by Crippen LogP contribution is -2.30. The van der Waals surface area contributed by atoms with Crippen molar-refractivity contribution in [1.82, 2.24) is 0 Å². The van der Waals surface area contributed by atoms with Gasteiger partial charge in [-0.25, -0.2) is 0 Å². The highest BCUT2D eigenvalue weighted by molar-refractivity contribution is 6.31. The number of amides is 1. The summed E-state index contributed by atoms with van der Waals surface area (Å²) in [7, 11) is 0. The molecule has 148 valence electrons. The van der Waals surface area contributed by atoms with Gasteiger partial charge in [0.15, 0.2) is 11.9 Å². The molecule has 1 amide bonds. The second-order valence-electron chi connectivity index (χ2n) is 6.88. The number of rotatable bonds is 6. The van der Waals surface area contributed by atoms with E-state index in [0.717, 1.165) is 11.1 Å². The van der Waals surface area contributed by atoms with Crippen LogP contribution in [0.4, 0.5) is 5.69 Å². The molecule has 0 saturated heterocycles. The number of hydrogen-bond acceptors (Lipinski definition) is 3. The third kappa shape index (κ3) is 5.04. The lowest BCUT2D eigenvalue weighted by atomic mass is 10.0. The first-order valence-corrected chi connectivity index (χ1v) is 9.67. The first-order valence-electron chi connectivity index (χ1n) is 9.29. The summed E-state index contributed by atoms with van der Waals surface area (Å²) in [5.41, 5.74) is 3.48. The van der Waals surface area contributed by atoms with Gasteiger partial charge in [-0.2, -0.15) is 0 Å². The van der Waals surface area contributed by atoms with Crippen LogP contribution in [0.3, 0.4) is 0 Å². The van der Waals surface area contributed by atoms with Crippen molar-refractivity contribution in [3.63, 3.8) is 0 Å². The average Bonchev–Trinajstić information content (AvgIpc) is 2.72. The van der Waals surface area contributed by atoms with Crippen LogP contribution in [0.5, 0.6) is 5.75 Å². The summed E-state index contributed by atoms with van der Waals surface area (Å²) in [6, 6.07) is 19.3. The van der Waals surface area contributed by atoms with E-state index in [2.05, 4.69) is 5.32 Å². The third-order valence-electron chi connectivity index (χ3n) is 4.68. The molecule has 29 heavy (non-hydrogen) atoms. The van der Waals surface area contributed by atoms with E-state index in [4.69, 9.17) is 16.3 Å². The van der Waals surface area contributed by atoms with Crippen molar-refractivity contribution in [2.45, 2.75) is 26.9 Å². The fourth-order valence-electron chi connectivity index (χ4n) is 2.84. The zero-order valence-corrected chi connectivity index (χ0v) is 17.3. The van der Waals surface area contributed by atoms with Crippen molar-refractivity contribution >= 4 is 29.0 Å². The van der Waals surface area contributed by atoms with Gasteiger partial charge in [-0.05, 0) is 62.2 Å². The molecule has 0 aliphatic heterocycles. The second kappa shape index (κ2) is 8.93. The van der Waals surface area contributed by atoms with Crippen LogP contribution in [0.25, 0.3) is 0 Å². The number of halogens is 1. The molecule has 3 aromatic carbocycles. The smallest absolute Gasteiger partial charge is 0.265 e. The van der Waals surface area contributed by atoms with Gasteiger partial charge in [-0.3, -0.25) is 9.59 Å². The van der Waals surface area contributed by atoms with Crippen LogP contribution in [0.1, 0.15) is 34.0 Å². The van der Waals surface area contributed by atoms with E-state index < -0.39 is 6.10 Å². The number of aryl methyl sites for hydroxylation is 2. The largest absolute Gasteiger partial charge is 0.481 e. The summed E-state index contributed by atoms with van der Waals surface area (Å²) in [5, 5.41) is 3.21. The highest BCUT2D eigenvalue weighted by atomic mass is 35.5. The maximum Gasteiger partial charge on any atom is 0.265 e. The standard InChI is InChI=1S/C24H22ClNO3/c1-15-9-11-20(13-16(15)2)29-17(3)24(28)26-22-12-10-19(25)14-21(22)23(27)18-7-5-4-6-8-18/h4-14,17H,1-3H3,(H,26,28)/t17-/m0/s1. The van der Waals surface area contributed by atoms with Crippen molar-refractivity contribution < 1.29 is 14.3 Å². The molecule has 5 heteroatoms. The molecule has 0 spiro atoms. The van der Waals surface area contributed by atoms with Gasteiger partial charge in [0.2, 0.25) is 0 Å². The van der Waals surface area contributed by atoms with Crippen molar-refractivity contribution in [1.29, 1.82) is 0 Å². The summed E-state index contributed by atoms with van der Waals surface area (Å²) < 4.78 is 5.77. The van der Waals surface area contributed by atoms with Crippen molar-refractivity contribution in [2.24, 2.45) is 0 Å². The number of nitrogens with one attached hydrogen (secondary N) is 1. The maximum absolute atomic E-state index is 12.9. The Bertz CT molecular complexity index is 1050. The van der Waals surface area contributed by atoms with Crippen LogP contribution in [0.2, 0.25) is 5.02 Å². The molecule has 0 bridgehead atoms. The van der Waals surface area contributed by atoms with Gasteiger partial charge in [0.05, 0.1) is 5.69 Å². The predicted molar refractivity (Wildman–Crippen MR) is 116 cm³/mol. The van der Waals surface area contributed by atoms with E-state index >= 15 is 0 Å². The minimum absolute atomic E-state index is 0.217. The number of carbonyl (C=O) groups excluding carboxylic acids is 2. The highest BCUT2D eigenvalue weighted by Crippen LogP contribution is 2.24. The summed E-state index contributed by atoms with van der Waals surface area (Å²) in [4.78, 5) is 25.6. The molecule has 1 N–H and O–H groups in total. The quantitative estimate of drug-likeness (QED) is 0.541. The number of benzene rings is 3. The van der Waals surface area contributed by atoms with Gasteiger partial charge >= 0.3 is 0 Å². The fraction of sp³-hybridized carbons (Fsp3) is 0.167. The molecule has 1 atom stereocenters. The van der Waals surface area contributed by atoms with Gasteiger partial charge < -0.3 is 10.1 Å². The second-order valence-corrected chi connectivity index (χ2v) is 7.32. The van der Waals surface area contributed by atoms with E-state index in [9.17, 15) is 9.59 Å². The molecular weight excluding hydrogens is 386 g/mol. The molecule has 0 aliphatic carbocycles. The van der Waals surface area contributed by atoms with Gasteiger partial charge in [-0.1, -0.05) is 48.0 Å². The Morgan fingerprint density at radius 1 is 0.931 bits per heavy atom. The molecule has 3 aromatic rings. The van der Waals surface area contributed by atoms with E-state index in [1.165, 1.54) is 0 Å². The number of carbonyl (C=O) groups is 2. The first-order chi connectivity index (χ1) is 13.8. The number of hydrogen-bond donors (Lipinski definition) is 1. The Hall–Kier alpha value is -3.11. The van der Waals surface area contributed by atoms with Gasteiger partial charge in [0.1, 0.15) is 5.75 Å². The van der Waals surface area contributed by atoms with E-state index in [-0.39, 0.29) is 11.7 Å². The average molecular weight is 408 g/mol. The Morgan fingerprint density at radius 3 is 2.34 bits per heavy atom. The van der Waals surface area contributed by atoms with Crippen LogP contribution in [-0.4, -0.2) is 17.8 Å². The molecule has 4 nitrogen and oxygen atoms in total. The zero-order valence-electron chi connectivity index (χ0n) is 16.5. The van der Waals surface area contributed by atoms with Gasteiger partial charge in [0, 0.05) is 16.1 Å². The van der Waals surface area contributed by atoms with Crippen LogP contribution in [0.15, 0.2) is 66.7 Å². The number of ether oxygens (including phenoxy) is 1. The number of anilines is 1. The Kier molecular flexibility index (Phi) is 6.35. The molecular formula is C24H22ClNO3. The molecule has 0 fully saturated rings. The van der Waals surface area contributed by atoms with E-state index in [1.54, 1.807) is 49.4 Å². The maximum atomic E-state index is 12.9. The lowest BCUT2D eigenvalue weighted by molar-refractivity contribution is -0.122. The molecule has 0 aliphatic rings. The van der Waals surface area contributed by atoms with Gasteiger partial charge in [0.25, 0.3) is 5.91 Å². The van der Waals surface area contributed by atoms with Crippen molar-refractivity contribution in [2.75, 3.05) is 5.32 Å². The highest BCUT2D eigenvalue weighted by Gasteiger charge is 2.20. The van der Waals surface area contributed by atoms with Crippen molar-refractivity contribution in [3.8, 4) is 5.75 Å². The molecule has 3 rings (SSSR count). The molecule has 0 heterocycles. The lowest BCUT2D eigenvalue weighted by Gasteiger charge is -2.17. The van der Waals surface area contributed by atoms with Crippen LogP contribution < -0.4 is 10.1 Å². The van der Waals surface area contributed by atoms with E-state index in [0.29, 0.717) is 27.6 Å². The monoisotopic (exact) mass is 407 g/mol. The summed E-state index contributed by atoms with van der Waals surface area (Å²) in [5.74, 6) is 0.0474. The molecule has 0 unspecified atom stereocenters. The molecule has 0 aromatic heterocycles. The van der Waals surface area contributed by atoms with Gasteiger partial charge in [-0.15, -0.1) is 0 Å². The number of ketones is 1. The SMILES string of the molecule is Cc1ccc(O[C@@H](C)C(=O)Nc2ccc(Cl)cc2C(=O)c2ccccc2)cc1C. The summed E-state index contributed by atoms with van der Waals surface area (Å²) in [6.45, 7) is 5.67. The molecule has 0 radical (unpaired) electrons. The minimum atomic E-state index is -0.743. The predicted octanol–water partition coefficient (Wildman–Crippen LogP) is 5.59. The van der Waals surface area contributed by atoms with Crippen LogP contribution in [-0.2, 0) is 4.79 Å². The third-order valence-corrected chi connectivity index (χ3v) is 4.92. The minimum Gasteiger partial charge on any atom is -0.481 e. The summed E-state index contributed by atoms with van der Waals surface area (Å²) >= 11 is 6.09. The van der Waals surface area contributed by atoms with Crippen LogP contribution >= 0.6 is 11.6 Å². The summed E-state index contributed by atoms with van der Waals surface area (Å²) in [6.07, 6.45) is -0.743. The first kappa shape index (κ1) is 20.6. The van der Waals surface area contributed by atoms with E-state index in [1.807, 2.05) is 38.1 Å². The Balaban J connectivity index is 1.79. The Labute approximate surface area is 175 Å². The van der Waals surface area contributed by atoms with Crippen LogP contribution in [0, 0.1) is 13.8 Å². The Morgan fingerprint density at radius 2 is 1.66 bits per heavy atom. The zero-order chi connectivity index (χ0) is 21.0. The fourth-order valence-corrected chi connectivity index (χ4v) is 3.01. The van der Waals surface area contributed by atoms with Crippen molar-refractivity contribution in [3.05, 3.63) is 94.0 Å². The normalized spacial score (nSPS) is 11.6.